The lowest BCUT2D eigenvalue weighted by Gasteiger charge is -2.17. The normalized spacial score (nSPS) is 17.9. The van der Waals surface area contributed by atoms with E-state index in [1.807, 2.05) is 6.92 Å². The first-order valence-electron chi connectivity index (χ1n) is 17.5. The monoisotopic (exact) mass is 714 g/mol. The molecular weight excluding hydrogens is 668 g/mol. The Morgan fingerprint density at radius 1 is 1.02 bits per heavy atom. The summed E-state index contributed by atoms with van der Waals surface area (Å²) in [6.45, 7) is 15.5. The van der Waals surface area contributed by atoms with Crippen molar-refractivity contribution in [2.45, 2.75) is 118 Å². The van der Waals surface area contributed by atoms with E-state index in [0.29, 0.717) is 18.6 Å². The highest BCUT2D eigenvalue weighted by atomic mass is 79.9. The number of Topliss-reactive ketones (excluding diaryl/α,β-unsaturated/α-hetero) is 1. The molecule has 0 amide bonds. The molecule has 8 nitrogen and oxygen atoms in total. The molecule has 0 fully saturated rings. The molecule has 3 aliphatic rings. The molecule has 0 spiro atoms. The van der Waals surface area contributed by atoms with Gasteiger partial charge in [-0.15, -0.1) is 0 Å². The van der Waals surface area contributed by atoms with Gasteiger partial charge < -0.3 is 19.8 Å². The molecule has 9 heteroatoms. The first kappa shape index (κ1) is 34.3. The number of ether oxygens (including phenoxy) is 1. The van der Waals surface area contributed by atoms with Crippen molar-refractivity contribution in [1.29, 1.82) is 0 Å². The van der Waals surface area contributed by atoms with Crippen LogP contribution in [0.3, 0.4) is 0 Å². The van der Waals surface area contributed by atoms with E-state index < -0.39 is 5.97 Å². The molecule has 1 aliphatic carbocycles. The molecule has 0 saturated carbocycles. The number of allylic oxidation sites excluding steroid dienone is 2. The summed E-state index contributed by atoms with van der Waals surface area (Å²) in [5, 5.41) is 9.66. The van der Waals surface area contributed by atoms with Crippen molar-refractivity contribution >= 4 is 60.9 Å². The first-order valence-corrected chi connectivity index (χ1v) is 18.3. The topological polar surface area (TPSA) is 121 Å². The van der Waals surface area contributed by atoms with E-state index in [0.717, 1.165) is 96.4 Å². The zero-order chi connectivity index (χ0) is 34.4. The number of hydrogen-bond acceptors (Lipinski definition) is 5. The number of carboxylic acids is 1. The maximum absolute atomic E-state index is 13.6. The number of carboxylic acid groups (broad SMARTS) is 1. The van der Waals surface area contributed by atoms with Crippen molar-refractivity contribution in [3.05, 3.63) is 67.2 Å². The Kier molecular flexibility index (Phi) is 9.83. The smallest absolute Gasteiger partial charge is 0.303 e. The second kappa shape index (κ2) is 13.7. The lowest BCUT2D eigenvalue weighted by molar-refractivity contribution is -0.137. The molecule has 3 aromatic heterocycles. The van der Waals surface area contributed by atoms with E-state index >= 15 is 0 Å². The number of hydrogen-bond donors (Lipinski definition) is 3. The lowest BCUT2D eigenvalue weighted by atomic mass is 9.85. The van der Waals surface area contributed by atoms with E-state index in [9.17, 15) is 14.7 Å². The highest BCUT2D eigenvalue weighted by molar-refractivity contribution is 9.10. The van der Waals surface area contributed by atoms with Crippen LogP contribution in [0.4, 0.5) is 0 Å². The number of aromatic nitrogens is 4. The van der Waals surface area contributed by atoms with Crippen LogP contribution >= 0.6 is 15.9 Å². The van der Waals surface area contributed by atoms with E-state index in [2.05, 4.69) is 79.6 Å². The van der Waals surface area contributed by atoms with Crippen molar-refractivity contribution in [2.24, 2.45) is 0 Å². The number of fused-ring (bicyclic) bond motifs is 8. The molecular formula is C39H47BrN4O4. The zero-order valence-electron chi connectivity index (χ0n) is 29.2. The van der Waals surface area contributed by atoms with Gasteiger partial charge in [-0.1, -0.05) is 40.0 Å². The molecule has 3 unspecified atom stereocenters. The number of ketones is 1. The van der Waals surface area contributed by atoms with Gasteiger partial charge in [-0.3, -0.25) is 14.6 Å². The number of rotatable bonds is 11. The van der Waals surface area contributed by atoms with E-state index in [4.69, 9.17) is 14.7 Å². The van der Waals surface area contributed by atoms with E-state index in [-0.39, 0.29) is 36.6 Å². The molecule has 6 rings (SSSR count). The SMILES string of the molecule is CCCCCCOC(C)c1c(C)c2[nH]c1cc1nc(cc3[nH]c4c(c5nc(c2Br)C(C)C5CCC(=O)O)CC(=O)c4c3C)C(CC)=C1C. The molecule has 0 radical (unpaired) electrons. The van der Waals surface area contributed by atoms with Crippen LogP contribution in [0.2, 0.25) is 0 Å². The van der Waals surface area contributed by atoms with Gasteiger partial charge in [0, 0.05) is 59.0 Å². The molecule has 8 bridgehead atoms. The van der Waals surface area contributed by atoms with Gasteiger partial charge in [-0.2, -0.15) is 0 Å². The fourth-order valence-corrected chi connectivity index (χ4v) is 8.78. The number of nitrogens with one attached hydrogen (secondary N) is 2. The standard InChI is InChI=1S/C39H47BrN4O4/c1-8-10-11-12-15-48-23(7)33-22(6)37-35(40)36-20(4)25(13-14-32(46)47)38(44-36)26-16-31(45)34-21(5)28(42-39(26)34)17-29-24(9-2)19(3)27(41-29)18-30(33)43-37/h17-18,20,23,25,42-43H,8-16H2,1-7H3,(H,46,47). The molecule has 0 aromatic carbocycles. The fourth-order valence-electron chi connectivity index (χ4n) is 7.93. The third-order valence-electron chi connectivity index (χ3n) is 10.7. The Labute approximate surface area is 291 Å². The van der Waals surface area contributed by atoms with Crippen LogP contribution in [0.5, 0.6) is 0 Å². The Balaban J connectivity index is 1.68. The maximum Gasteiger partial charge on any atom is 0.303 e. The van der Waals surface area contributed by atoms with Crippen molar-refractivity contribution < 1.29 is 19.4 Å². The fraction of sp³-hybridized carbons (Fsp3) is 0.487. The molecule has 3 aromatic rings. The van der Waals surface area contributed by atoms with Gasteiger partial charge in [-0.25, -0.2) is 4.98 Å². The van der Waals surface area contributed by atoms with Crippen LogP contribution in [-0.4, -0.2) is 43.4 Å². The summed E-state index contributed by atoms with van der Waals surface area (Å²) in [7, 11) is 0. The van der Waals surface area contributed by atoms with Crippen LogP contribution in [0.25, 0.3) is 33.2 Å². The average molecular weight is 716 g/mol. The Morgan fingerprint density at radius 2 is 1.75 bits per heavy atom. The summed E-state index contributed by atoms with van der Waals surface area (Å²) in [6, 6.07) is 4.22. The number of nitrogens with zero attached hydrogens (tertiary/aromatic N) is 2. The van der Waals surface area contributed by atoms with E-state index in [1.54, 1.807) is 0 Å². The number of aliphatic carboxylic acids is 1. The molecule has 5 heterocycles. The van der Waals surface area contributed by atoms with Crippen LogP contribution < -0.4 is 0 Å². The summed E-state index contributed by atoms with van der Waals surface area (Å²) < 4.78 is 7.30. The summed E-state index contributed by atoms with van der Waals surface area (Å²) in [5.41, 5.74) is 14.0. The van der Waals surface area contributed by atoms with Gasteiger partial charge in [0.05, 0.1) is 44.4 Å². The van der Waals surface area contributed by atoms with Crippen LogP contribution in [0, 0.1) is 13.8 Å². The van der Waals surface area contributed by atoms with Gasteiger partial charge in [0.15, 0.2) is 5.78 Å². The quantitative estimate of drug-likeness (QED) is 0.170. The molecule has 254 valence electrons. The number of carbonyl (C=O) groups excluding carboxylic acids is 1. The minimum atomic E-state index is -0.839. The summed E-state index contributed by atoms with van der Waals surface area (Å²) in [6.07, 6.45) is 5.95. The number of H-pyrrole nitrogens is 2. The lowest BCUT2D eigenvalue weighted by Crippen LogP contribution is -2.08. The number of aryl methyl sites for hydroxylation is 2. The van der Waals surface area contributed by atoms with Crippen molar-refractivity contribution in [3.63, 3.8) is 0 Å². The Bertz CT molecular complexity index is 2000. The largest absolute Gasteiger partial charge is 0.481 e. The number of aromatic amines is 2. The van der Waals surface area contributed by atoms with E-state index in [1.165, 1.54) is 18.4 Å². The number of carbonyl (C=O) groups is 2. The second-order valence-electron chi connectivity index (χ2n) is 13.7. The van der Waals surface area contributed by atoms with Gasteiger partial charge >= 0.3 is 5.97 Å². The molecule has 3 atom stereocenters. The average Bonchev–Trinajstić information content (AvgIpc) is 3.81. The van der Waals surface area contributed by atoms with Crippen LogP contribution in [-0.2, 0) is 16.0 Å². The zero-order valence-corrected chi connectivity index (χ0v) is 30.8. The number of unbranched alkanes of at least 4 members (excludes halogenated alkanes) is 3. The molecule has 0 saturated heterocycles. The molecule has 48 heavy (non-hydrogen) atoms. The van der Waals surface area contributed by atoms with Gasteiger partial charge in [0.1, 0.15) is 0 Å². The van der Waals surface area contributed by atoms with Gasteiger partial charge in [-0.05, 0) is 97.3 Å². The molecule has 2 aliphatic heterocycles. The van der Waals surface area contributed by atoms with Gasteiger partial charge in [0.25, 0.3) is 0 Å². The van der Waals surface area contributed by atoms with Crippen LogP contribution in [0.15, 0.2) is 16.6 Å². The third-order valence-corrected chi connectivity index (χ3v) is 11.5. The van der Waals surface area contributed by atoms with Gasteiger partial charge in [0.2, 0.25) is 0 Å². The minimum Gasteiger partial charge on any atom is -0.481 e. The predicted molar refractivity (Wildman–Crippen MR) is 196 cm³/mol. The highest BCUT2D eigenvalue weighted by Gasteiger charge is 2.37. The van der Waals surface area contributed by atoms with Crippen molar-refractivity contribution in [3.8, 4) is 0 Å². The Morgan fingerprint density at radius 3 is 2.46 bits per heavy atom. The summed E-state index contributed by atoms with van der Waals surface area (Å²) in [5.74, 6) is -0.997. The molecule has 3 N–H and O–H groups in total. The van der Waals surface area contributed by atoms with Crippen molar-refractivity contribution in [1.82, 2.24) is 19.9 Å². The first-order chi connectivity index (χ1) is 23.0. The second-order valence-corrected chi connectivity index (χ2v) is 14.5. The highest BCUT2D eigenvalue weighted by Crippen LogP contribution is 2.47. The van der Waals surface area contributed by atoms with Crippen LogP contribution in [0.1, 0.15) is 153 Å². The summed E-state index contributed by atoms with van der Waals surface area (Å²) in [4.78, 5) is 43.1. The third kappa shape index (κ3) is 5.98. The maximum atomic E-state index is 13.6. The number of halogens is 1. The Hall–Kier alpha value is -3.56. The predicted octanol–water partition coefficient (Wildman–Crippen LogP) is 10.2. The van der Waals surface area contributed by atoms with Crippen molar-refractivity contribution in [2.75, 3.05) is 6.61 Å². The minimum absolute atomic E-state index is 0.0254. The summed E-state index contributed by atoms with van der Waals surface area (Å²) >= 11 is 3.97.